The number of rotatable bonds is 4. The Morgan fingerprint density at radius 3 is 2.42 bits per heavy atom. The summed E-state index contributed by atoms with van der Waals surface area (Å²) in [6.07, 6.45) is 0. The lowest BCUT2D eigenvalue weighted by Gasteiger charge is -2.26. The second-order valence-corrected chi connectivity index (χ2v) is 7.63. The topological polar surface area (TPSA) is 55.8 Å². The highest BCUT2D eigenvalue weighted by Crippen LogP contribution is 2.34. The van der Waals surface area contributed by atoms with Crippen LogP contribution in [0.1, 0.15) is 18.1 Å². The second-order valence-electron chi connectivity index (χ2n) is 5.77. The van der Waals surface area contributed by atoms with Gasteiger partial charge in [-0.2, -0.15) is 0 Å². The minimum Gasteiger partial charge on any atom is -0.486 e. The summed E-state index contributed by atoms with van der Waals surface area (Å²) in [5.41, 5.74) is 2.64. The zero-order valence-electron chi connectivity index (χ0n) is 14.1. The number of anilines is 1. The Morgan fingerprint density at radius 1 is 1.00 bits per heavy atom. The summed E-state index contributed by atoms with van der Waals surface area (Å²) in [4.78, 5) is 0.203. The Morgan fingerprint density at radius 2 is 1.71 bits per heavy atom. The molecule has 0 aliphatic carbocycles. The molecule has 3 rings (SSSR count). The normalized spacial score (nSPS) is 13.6. The van der Waals surface area contributed by atoms with E-state index in [9.17, 15) is 8.42 Å². The molecule has 0 radical (unpaired) electrons. The zero-order valence-corrected chi connectivity index (χ0v) is 14.9. The highest BCUT2D eigenvalue weighted by molar-refractivity contribution is 7.92. The molecule has 128 valence electrons. The maximum absolute atomic E-state index is 13.1. The Labute approximate surface area is 142 Å². The predicted octanol–water partition coefficient (Wildman–Crippen LogP) is 3.29. The molecule has 0 amide bonds. The van der Waals surface area contributed by atoms with E-state index >= 15 is 0 Å². The summed E-state index contributed by atoms with van der Waals surface area (Å²) >= 11 is 0. The first-order chi connectivity index (χ1) is 11.4. The van der Waals surface area contributed by atoms with Crippen molar-refractivity contribution in [2.24, 2.45) is 0 Å². The number of sulfonamides is 1. The molecule has 0 fully saturated rings. The molecule has 1 heterocycles. The molecule has 5 nitrogen and oxygen atoms in total. The SMILES string of the molecule is CCN(c1cc(C)ccc1C)S(=O)(=O)c1ccc2c(c1)OCCO2. The van der Waals surface area contributed by atoms with E-state index in [2.05, 4.69) is 0 Å². The number of ether oxygens (including phenoxy) is 2. The van der Waals surface area contributed by atoms with Crippen molar-refractivity contribution in [2.45, 2.75) is 25.7 Å². The van der Waals surface area contributed by atoms with E-state index in [1.54, 1.807) is 12.1 Å². The van der Waals surface area contributed by atoms with Crippen molar-refractivity contribution >= 4 is 15.7 Å². The summed E-state index contributed by atoms with van der Waals surface area (Å²) < 4.78 is 38.7. The fourth-order valence-electron chi connectivity index (χ4n) is 2.77. The number of hydrogen-bond donors (Lipinski definition) is 0. The zero-order chi connectivity index (χ0) is 17.3. The van der Waals surface area contributed by atoms with Gasteiger partial charge in [-0.1, -0.05) is 12.1 Å². The number of aryl methyl sites for hydroxylation is 2. The average Bonchev–Trinajstić information content (AvgIpc) is 2.58. The van der Waals surface area contributed by atoms with Gasteiger partial charge in [-0.05, 0) is 50.1 Å². The van der Waals surface area contributed by atoms with Crippen molar-refractivity contribution in [2.75, 3.05) is 24.1 Å². The van der Waals surface area contributed by atoms with Crippen LogP contribution in [-0.4, -0.2) is 28.2 Å². The van der Waals surface area contributed by atoms with Gasteiger partial charge >= 0.3 is 0 Å². The highest BCUT2D eigenvalue weighted by atomic mass is 32.2. The number of benzene rings is 2. The van der Waals surface area contributed by atoms with Crippen LogP contribution in [0.3, 0.4) is 0 Å². The fourth-order valence-corrected chi connectivity index (χ4v) is 4.32. The van der Waals surface area contributed by atoms with Gasteiger partial charge in [-0.25, -0.2) is 8.42 Å². The minimum absolute atomic E-state index is 0.203. The second kappa shape index (κ2) is 6.36. The van der Waals surface area contributed by atoms with Crippen molar-refractivity contribution in [3.8, 4) is 11.5 Å². The molecule has 0 saturated heterocycles. The summed E-state index contributed by atoms with van der Waals surface area (Å²) in [6, 6.07) is 10.6. The molecule has 0 aromatic heterocycles. The third-order valence-corrected chi connectivity index (χ3v) is 5.91. The molecule has 0 saturated carbocycles. The van der Waals surface area contributed by atoms with Crippen LogP contribution in [0.25, 0.3) is 0 Å². The van der Waals surface area contributed by atoms with Crippen LogP contribution in [0, 0.1) is 13.8 Å². The molecule has 1 aliphatic rings. The lowest BCUT2D eigenvalue weighted by atomic mass is 10.1. The van der Waals surface area contributed by atoms with Crippen molar-refractivity contribution in [3.05, 3.63) is 47.5 Å². The van der Waals surface area contributed by atoms with Gasteiger partial charge in [0.05, 0.1) is 10.6 Å². The van der Waals surface area contributed by atoms with Crippen LogP contribution in [0.15, 0.2) is 41.3 Å². The monoisotopic (exact) mass is 347 g/mol. The van der Waals surface area contributed by atoms with E-state index in [0.29, 0.717) is 36.9 Å². The molecule has 24 heavy (non-hydrogen) atoms. The highest BCUT2D eigenvalue weighted by Gasteiger charge is 2.26. The Hall–Kier alpha value is -2.21. The molecular formula is C18H21NO4S. The van der Waals surface area contributed by atoms with Crippen molar-refractivity contribution in [1.82, 2.24) is 0 Å². The van der Waals surface area contributed by atoms with Crippen LogP contribution < -0.4 is 13.8 Å². The third kappa shape index (κ3) is 2.94. The fraction of sp³-hybridized carbons (Fsp3) is 0.333. The Bertz CT molecular complexity index is 861. The van der Waals surface area contributed by atoms with E-state index in [0.717, 1.165) is 11.1 Å². The van der Waals surface area contributed by atoms with Gasteiger partial charge in [0.15, 0.2) is 11.5 Å². The quantitative estimate of drug-likeness (QED) is 0.852. The summed E-state index contributed by atoms with van der Waals surface area (Å²) in [5.74, 6) is 1.05. The molecule has 0 atom stereocenters. The van der Waals surface area contributed by atoms with Gasteiger partial charge in [0.1, 0.15) is 13.2 Å². The largest absolute Gasteiger partial charge is 0.486 e. The van der Waals surface area contributed by atoms with E-state index in [4.69, 9.17) is 9.47 Å². The first-order valence-corrected chi connectivity index (χ1v) is 9.37. The van der Waals surface area contributed by atoms with Crippen LogP contribution in [0.2, 0.25) is 0 Å². The smallest absolute Gasteiger partial charge is 0.264 e. The first-order valence-electron chi connectivity index (χ1n) is 7.93. The van der Waals surface area contributed by atoms with E-state index < -0.39 is 10.0 Å². The number of nitrogens with zero attached hydrogens (tertiary/aromatic N) is 1. The van der Waals surface area contributed by atoms with Crippen LogP contribution in [-0.2, 0) is 10.0 Å². The number of hydrogen-bond acceptors (Lipinski definition) is 4. The van der Waals surface area contributed by atoms with Gasteiger partial charge in [0.2, 0.25) is 0 Å². The molecule has 0 N–H and O–H groups in total. The first kappa shape index (κ1) is 16.6. The average molecular weight is 347 g/mol. The molecule has 0 bridgehead atoms. The molecule has 0 spiro atoms. The van der Waals surface area contributed by atoms with Gasteiger partial charge in [0.25, 0.3) is 10.0 Å². The van der Waals surface area contributed by atoms with Gasteiger partial charge < -0.3 is 9.47 Å². The minimum atomic E-state index is -3.68. The lowest BCUT2D eigenvalue weighted by Crippen LogP contribution is -2.31. The van der Waals surface area contributed by atoms with Crippen molar-refractivity contribution < 1.29 is 17.9 Å². The molecular weight excluding hydrogens is 326 g/mol. The lowest BCUT2D eigenvalue weighted by molar-refractivity contribution is 0.171. The molecule has 1 aliphatic heterocycles. The molecule has 2 aromatic carbocycles. The molecule has 2 aromatic rings. The third-order valence-electron chi connectivity index (χ3n) is 4.02. The van der Waals surface area contributed by atoms with Crippen molar-refractivity contribution in [1.29, 1.82) is 0 Å². The Balaban J connectivity index is 2.06. The van der Waals surface area contributed by atoms with E-state index in [1.165, 1.54) is 10.4 Å². The van der Waals surface area contributed by atoms with Crippen LogP contribution in [0.4, 0.5) is 5.69 Å². The van der Waals surface area contributed by atoms with Gasteiger partial charge in [-0.3, -0.25) is 4.31 Å². The maximum Gasteiger partial charge on any atom is 0.264 e. The van der Waals surface area contributed by atoms with Crippen LogP contribution >= 0.6 is 0 Å². The predicted molar refractivity (Wildman–Crippen MR) is 93.6 cm³/mol. The maximum atomic E-state index is 13.1. The van der Waals surface area contributed by atoms with Gasteiger partial charge in [0, 0.05) is 12.6 Å². The summed E-state index contributed by atoms with van der Waals surface area (Å²) in [7, 11) is -3.68. The molecule has 6 heteroatoms. The number of fused-ring (bicyclic) bond motifs is 1. The standard InChI is InChI=1S/C18H21NO4S/c1-4-19(16-11-13(2)5-6-14(16)3)24(20,21)15-7-8-17-18(12-15)23-10-9-22-17/h5-8,11-12H,4,9-10H2,1-3H3. The van der Waals surface area contributed by atoms with Crippen LogP contribution in [0.5, 0.6) is 11.5 Å². The molecule has 0 unspecified atom stereocenters. The van der Waals surface area contributed by atoms with Crippen molar-refractivity contribution in [3.63, 3.8) is 0 Å². The van der Waals surface area contributed by atoms with Gasteiger partial charge in [-0.15, -0.1) is 0 Å². The summed E-state index contributed by atoms with van der Waals surface area (Å²) in [6.45, 7) is 6.94. The summed E-state index contributed by atoms with van der Waals surface area (Å²) in [5, 5.41) is 0. The Kier molecular flexibility index (Phi) is 4.41. The van der Waals surface area contributed by atoms with E-state index in [-0.39, 0.29) is 4.90 Å². The van der Waals surface area contributed by atoms with E-state index in [1.807, 2.05) is 39.0 Å².